The number of hydrogen-bond donors (Lipinski definition) is 2. The van der Waals surface area contributed by atoms with E-state index in [1.165, 1.54) is 0 Å². The second-order valence-corrected chi connectivity index (χ2v) is 9.56. The summed E-state index contributed by atoms with van der Waals surface area (Å²) in [4.78, 5) is 39.1. The molecule has 1 heterocycles. The average Bonchev–Trinajstić information content (AvgIpc) is 3.62. The molecule has 0 spiro atoms. The zero-order valence-corrected chi connectivity index (χ0v) is 19.5. The normalized spacial score (nSPS) is 20.0. The molecule has 1 unspecified atom stereocenters. The van der Waals surface area contributed by atoms with Crippen LogP contribution in [-0.4, -0.2) is 66.4 Å². The number of rotatable bonds is 8. The maximum absolute atomic E-state index is 13.4. The number of alkyl carbamates (subject to hydrolysis) is 1. The van der Waals surface area contributed by atoms with E-state index in [-0.39, 0.29) is 31.5 Å². The Balaban J connectivity index is 1.26. The molecule has 1 saturated heterocycles. The summed E-state index contributed by atoms with van der Waals surface area (Å²) in [5.41, 5.74) is 4.54. The third-order valence-corrected chi connectivity index (χ3v) is 7.12. The number of carboxylic acid groups (broad SMARTS) is 1. The lowest BCUT2D eigenvalue weighted by molar-refractivity contribution is -0.147. The Kier molecular flexibility index (Phi) is 6.72. The highest BCUT2D eigenvalue weighted by atomic mass is 16.5. The maximum atomic E-state index is 13.4. The summed E-state index contributed by atoms with van der Waals surface area (Å²) in [6.07, 6.45) is 1.76. The maximum Gasteiger partial charge on any atom is 0.407 e. The van der Waals surface area contributed by atoms with Crippen molar-refractivity contribution in [2.75, 3.05) is 26.4 Å². The van der Waals surface area contributed by atoms with E-state index in [9.17, 15) is 19.5 Å². The van der Waals surface area contributed by atoms with Gasteiger partial charge < -0.3 is 24.8 Å². The summed E-state index contributed by atoms with van der Waals surface area (Å²) < 4.78 is 11.1. The van der Waals surface area contributed by atoms with E-state index in [0.29, 0.717) is 25.5 Å². The summed E-state index contributed by atoms with van der Waals surface area (Å²) >= 11 is 0. The van der Waals surface area contributed by atoms with Gasteiger partial charge >= 0.3 is 12.1 Å². The number of aliphatic carboxylic acids is 1. The van der Waals surface area contributed by atoms with Crippen molar-refractivity contribution >= 4 is 18.0 Å². The van der Waals surface area contributed by atoms with E-state index in [0.717, 1.165) is 35.1 Å². The van der Waals surface area contributed by atoms with Gasteiger partial charge in [0.05, 0.1) is 25.7 Å². The second-order valence-electron chi connectivity index (χ2n) is 9.56. The zero-order valence-electron chi connectivity index (χ0n) is 19.5. The average molecular weight is 479 g/mol. The predicted molar refractivity (Wildman–Crippen MR) is 128 cm³/mol. The fraction of sp³-hybridized carbons (Fsp3) is 0.444. The minimum absolute atomic E-state index is 0.0649. The molecule has 2 aliphatic carbocycles. The molecule has 184 valence electrons. The van der Waals surface area contributed by atoms with Crippen molar-refractivity contribution in [3.8, 4) is 11.1 Å². The lowest BCUT2D eigenvalue weighted by Gasteiger charge is -2.37. The number of hydrogen-bond acceptors (Lipinski definition) is 5. The van der Waals surface area contributed by atoms with Gasteiger partial charge in [-0.05, 0) is 34.6 Å². The number of nitrogens with one attached hydrogen (secondary N) is 1. The number of benzene rings is 2. The molecular formula is C27H30N2O6. The molecule has 2 aromatic rings. The van der Waals surface area contributed by atoms with Crippen LogP contribution < -0.4 is 5.32 Å². The van der Waals surface area contributed by atoms with Gasteiger partial charge in [0.15, 0.2) is 0 Å². The number of fused-ring (bicyclic) bond motifs is 3. The quantitative estimate of drug-likeness (QED) is 0.603. The molecule has 8 heteroatoms. The van der Waals surface area contributed by atoms with Gasteiger partial charge in [-0.1, -0.05) is 61.4 Å². The first kappa shape index (κ1) is 23.4. The van der Waals surface area contributed by atoms with E-state index >= 15 is 0 Å². The monoisotopic (exact) mass is 478 g/mol. The summed E-state index contributed by atoms with van der Waals surface area (Å²) in [5, 5.41) is 12.0. The summed E-state index contributed by atoms with van der Waals surface area (Å²) in [7, 11) is 0. The van der Waals surface area contributed by atoms with Gasteiger partial charge in [-0.3, -0.25) is 9.59 Å². The van der Waals surface area contributed by atoms with Crippen LogP contribution in [0.15, 0.2) is 48.5 Å². The van der Waals surface area contributed by atoms with Crippen LogP contribution in [0, 0.1) is 5.92 Å². The van der Waals surface area contributed by atoms with Crippen LogP contribution in [0.3, 0.4) is 0 Å². The van der Waals surface area contributed by atoms with E-state index in [1.807, 2.05) is 24.3 Å². The summed E-state index contributed by atoms with van der Waals surface area (Å²) in [6.45, 7) is 1.01. The Labute approximate surface area is 204 Å². The van der Waals surface area contributed by atoms with Crippen LogP contribution in [0.5, 0.6) is 0 Å². The van der Waals surface area contributed by atoms with Crippen LogP contribution >= 0.6 is 0 Å². The van der Waals surface area contributed by atoms with Crippen molar-refractivity contribution < 1.29 is 29.0 Å². The van der Waals surface area contributed by atoms with Crippen molar-refractivity contribution in [1.29, 1.82) is 0 Å². The number of amides is 2. The molecule has 2 amide bonds. The molecule has 2 atom stereocenters. The SMILES string of the molecule is O=C(O)CC1COCCN1C(=O)[C@H](CC1CC1)NC(=O)OCC1c2ccccc2-c2ccccc21. The first-order valence-corrected chi connectivity index (χ1v) is 12.2. The standard InChI is InChI=1S/C27H30N2O6/c30-25(31)14-18-15-34-12-11-29(18)26(32)24(13-17-9-10-17)28-27(33)35-16-23-21-7-3-1-5-19(21)20-6-2-4-8-22(20)23/h1-8,17-18,23-24H,9-16H2,(H,28,33)(H,30,31)/t18?,24-/m0/s1. The van der Waals surface area contributed by atoms with Gasteiger partial charge in [-0.15, -0.1) is 0 Å². The molecular weight excluding hydrogens is 448 g/mol. The van der Waals surface area contributed by atoms with Crippen molar-refractivity contribution in [2.45, 2.75) is 43.7 Å². The van der Waals surface area contributed by atoms with Crippen molar-refractivity contribution in [1.82, 2.24) is 10.2 Å². The van der Waals surface area contributed by atoms with Crippen LogP contribution in [0.1, 0.15) is 42.7 Å². The third kappa shape index (κ3) is 5.17. The minimum atomic E-state index is -0.985. The first-order chi connectivity index (χ1) is 17.0. The van der Waals surface area contributed by atoms with Crippen LogP contribution in [0.4, 0.5) is 4.79 Å². The van der Waals surface area contributed by atoms with Gasteiger partial charge in [-0.25, -0.2) is 4.79 Å². The topological polar surface area (TPSA) is 105 Å². The van der Waals surface area contributed by atoms with Crippen LogP contribution in [0.25, 0.3) is 11.1 Å². The Morgan fingerprint density at radius 2 is 1.71 bits per heavy atom. The fourth-order valence-electron chi connectivity index (χ4n) is 5.21. The summed E-state index contributed by atoms with van der Waals surface area (Å²) in [6, 6.07) is 15.0. The van der Waals surface area contributed by atoms with Crippen LogP contribution in [0.2, 0.25) is 0 Å². The van der Waals surface area contributed by atoms with Gasteiger partial charge in [-0.2, -0.15) is 0 Å². The second kappa shape index (κ2) is 10.1. The van der Waals surface area contributed by atoms with Gasteiger partial charge in [0.25, 0.3) is 0 Å². The molecule has 8 nitrogen and oxygen atoms in total. The minimum Gasteiger partial charge on any atom is -0.481 e. The van der Waals surface area contributed by atoms with E-state index in [4.69, 9.17) is 9.47 Å². The molecule has 2 N–H and O–H groups in total. The lowest BCUT2D eigenvalue weighted by Crippen LogP contribution is -2.56. The number of carbonyl (C=O) groups excluding carboxylic acids is 2. The molecule has 0 bridgehead atoms. The molecule has 1 aliphatic heterocycles. The molecule has 5 rings (SSSR count). The van der Waals surface area contributed by atoms with Gasteiger partial charge in [0.1, 0.15) is 12.6 Å². The molecule has 2 aromatic carbocycles. The van der Waals surface area contributed by atoms with Crippen molar-refractivity contribution in [3.05, 3.63) is 59.7 Å². The van der Waals surface area contributed by atoms with Crippen molar-refractivity contribution in [2.24, 2.45) is 5.92 Å². The number of nitrogens with zero attached hydrogens (tertiary/aromatic N) is 1. The Bertz CT molecular complexity index is 1070. The number of carboxylic acids is 1. The van der Waals surface area contributed by atoms with E-state index < -0.39 is 24.1 Å². The molecule has 0 radical (unpaired) electrons. The van der Waals surface area contributed by atoms with E-state index in [2.05, 4.69) is 29.6 Å². The first-order valence-electron chi connectivity index (χ1n) is 12.2. The molecule has 35 heavy (non-hydrogen) atoms. The number of morpholine rings is 1. The predicted octanol–water partition coefficient (Wildman–Crippen LogP) is 3.40. The third-order valence-electron chi connectivity index (χ3n) is 7.12. The molecule has 0 aromatic heterocycles. The molecule has 3 aliphatic rings. The highest BCUT2D eigenvalue weighted by molar-refractivity contribution is 5.86. The van der Waals surface area contributed by atoms with Crippen molar-refractivity contribution in [3.63, 3.8) is 0 Å². The highest BCUT2D eigenvalue weighted by Gasteiger charge is 2.37. The smallest absolute Gasteiger partial charge is 0.407 e. The van der Waals surface area contributed by atoms with E-state index in [1.54, 1.807) is 4.90 Å². The highest BCUT2D eigenvalue weighted by Crippen LogP contribution is 2.44. The number of ether oxygens (including phenoxy) is 2. The van der Waals surface area contributed by atoms with Gasteiger partial charge in [0, 0.05) is 12.5 Å². The molecule has 2 fully saturated rings. The Hall–Kier alpha value is -3.39. The summed E-state index contributed by atoms with van der Waals surface area (Å²) in [5.74, 6) is -0.928. The fourth-order valence-corrected chi connectivity index (χ4v) is 5.21. The Morgan fingerprint density at radius 1 is 1.06 bits per heavy atom. The largest absolute Gasteiger partial charge is 0.481 e. The van der Waals surface area contributed by atoms with Gasteiger partial charge in [0.2, 0.25) is 5.91 Å². The number of carbonyl (C=O) groups is 3. The van der Waals surface area contributed by atoms with Crippen LogP contribution in [-0.2, 0) is 19.1 Å². The lowest BCUT2D eigenvalue weighted by atomic mass is 9.98. The zero-order chi connectivity index (χ0) is 24.4. The molecule has 1 saturated carbocycles. The Morgan fingerprint density at radius 3 is 2.34 bits per heavy atom.